The summed E-state index contributed by atoms with van der Waals surface area (Å²) in [5.74, 6) is 1.36. The number of rotatable bonds is 5. The maximum Gasteiger partial charge on any atom is 0.171 e. The maximum atomic E-state index is 11.1. The summed E-state index contributed by atoms with van der Waals surface area (Å²) in [6.45, 7) is 9.44. The number of hydrogen-bond acceptors (Lipinski definition) is 5. The molecule has 5 nitrogen and oxygen atoms in total. The van der Waals surface area contributed by atoms with Crippen molar-refractivity contribution in [3.63, 3.8) is 0 Å². The van der Waals surface area contributed by atoms with E-state index in [4.69, 9.17) is 4.74 Å². The van der Waals surface area contributed by atoms with Crippen molar-refractivity contribution in [1.82, 2.24) is 0 Å². The van der Waals surface area contributed by atoms with Crippen LogP contribution in [0.15, 0.2) is 66.7 Å². The molecule has 0 heterocycles. The van der Waals surface area contributed by atoms with Crippen LogP contribution in [0.3, 0.4) is 0 Å². The molecule has 4 rings (SSSR count). The van der Waals surface area contributed by atoms with Gasteiger partial charge >= 0.3 is 0 Å². The molecule has 4 aromatic rings. The molecule has 0 saturated heterocycles. The third-order valence-electron chi connectivity index (χ3n) is 6.06. The molecule has 0 aliphatic rings. The van der Waals surface area contributed by atoms with E-state index >= 15 is 0 Å². The lowest BCUT2D eigenvalue weighted by Crippen LogP contribution is -2.14. The standard InChI is InChI=1S/C29H29NO4/c1-17-9-11-19(3)27(32)25(17)30(26-18(2)10-12-20(4)28(26)33)22-13-15-23(16-14-22)34-29-21(5)7-6-8-24(29)31/h6-16,31-33H,1-5H3. The number of anilines is 3. The van der Waals surface area contributed by atoms with Gasteiger partial charge in [0.1, 0.15) is 17.2 Å². The number of phenolic OH excluding ortho intramolecular Hbond substituents is 3. The highest BCUT2D eigenvalue weighted by atomic mass is 16.5. The van der Waals surface area contributed by atoms with Crippen molar-refractivity contribution in [3.05, 3.63) is 94.5 Å². The number of nitrogens with zero attached hydrogens (tertiary/aromatic N) is 1. The largest absolute Gasteiger partial charge is 0.505 e. The van der Waals surface area contributed by atoms with Gasteiger partial charge in [0.2, 0.25) is 0 Å². The first-order chi connectivity index (χ1) is 16.2. The van der Waals surface area contributed by atoms with Crippen molar-refractivity contribution in [1.29, 1.82) is 0 Å². The molecule has 0 saturated carbocycles. The Balaban J connectivity index is 1.86. The normalized spacial score (nSPS) is 10.9. The molecule has 0 unspecified atom stereocenters. The molecule has 34 heavy (non-hydrogen) atoms. The molecule has 0 bridgehead atoms. The summed E-state index contributed by atoms with van der Waals surface area (Å²) in [5.41, 5.74) is 6.00. The minimum absolute atomic E-state index is 0.0753. The van der Waals surface area contributed by atoms with Crippen molar-refractivity contribution in [2.45, 2.75) is 34.6 Å². The van der Waals surface area contributed by atoms with Crippen LogP contribution in [-0.2, 0) is 0 Å². The van der Waals surface area contributed by atoms with Crippen molar-refractivity contribution >= 4 is 17.1 Å². The highest BCUT2D eigenvalue weighted by Gasteiger charge is 2.24. The fraction of sp³-hybridized carbons (Fsp3) is 0.172. The van der Waals surface area contributed by atoms with Gasteiger partial charge in [-0.15, -0.1) is 0 Å². The Labute approximate surface area is 200 Å². The quantitative estimate of drug-likeness (QED) is 0.289. The number of hydrogen-bond donors (Lipinski definition) is 3. The molecule has 5 heteroatoms. The van der Waals surface area contributed by atoms with Crippen LogP contribution in [0.2, 0.25) is 0 Å². The minimum atomic E-state index is 0.0753. The molecule has 0 fully saturated rings. The molecule has 0 radical (unpaired) electrons. The van der Waals surface area contributed by atoms with Crippen molar-refractivity contribution in [3.8, 4) is 28.7 Å². The van der Waals surface area contributed by atoms with Gasteiger partial charge in [0.05, 0.1) is 11.4 Å². The van der Waals surface area contributed by atoms with Crippen LogP contribution in [-0.4, -0.2) is 15.3 Å². The Morgan fingerprint density at radius 2 is 1.06 bits per heavy atom. The fourth-order valence-electron chi connectivity index (χ4n) is 4.05. The molecule has 0 amide bonds. The monoisotopic (exact) mass is 455 g/mol. The summed E-state index contributed by atoms with van der Waals surface area (Å²) >= 11 is 0. The summed E-state index contributed by atoms with van der Waals surface area (Å²) in [6.07, 6.45) is 0. The van der Waals surface area contributed by atoms with Crippen molar-refractivity contribution < 1.29 is 20.1 Å². The number of aryl methyl sites for hydroxylation is 5. The smallest absolute Gasteiger partial charge is 0.171 e. The van der Waals surface area contributed by atoms with Gasteiger partial charge in [0.25, 0.3) is 0 Å². The highest BCUT2D eigenvalue weighted by Crippen LogP contribution is 2.48. The average Bonchev–Trinajstić information content (AvgIpc) is 2.81. The Morgan fingerprint density at radius 1 is 0.559 bits per heavy atom. The van der Waals surface area contributed by atoms with Crippen LogP contribution in [0.5, 0.6) is 28.7 Å². The summed E-state index contributed by atoms with van der Waals surface area (Å²) in [5, 5.41) is 32.3. The predicted molar refractivity (Wildman–Crippen MR) is 136 cm³/mol. The predicted octanol–water partition coefficient (Wildman–Crippen LogP) is 7.61. The van der Waals surface area contributed by atoms with E-state index in [1.54, 1.807) is 24.3 Å². The summed E-state index contributed by atoms with van der Waals surface area (Å²) in [4.78, 5) is 1.88. The Kier molecular flexibility index (Phi) is 6.12. The maximum absolute atomic E-state index is 11.1. The molecule has 0 aliphatic carbocycles. The number of benzene rings is 4. The Hall–Kier alpha value is -4.12. The van der Waals surface area contributed by atoms with Crippen LogP contribution in [0.25, 0.3) is 0 Å². The number of ether oxygens (including phenoxy) is 1. The lowest BCUT2D eigenvalue weighted by molar-refractivity contribution is 0.409. The molecule has 0 aliphatic heterocycles. The van der Waals surface area contributed by atoms with Gasteiger partial charge in [-0.3, -0.25) is 0 Å². The van der Waals surface area contributed by atoms with Gasteiger partial charge in [-0.1, -0.05) is 36.4 Å². The summed E-state index contributed by atoms with van der Waals surface area (Å²) in [7, 11) is 0. The molecular weight excluding hydrogens is 426 g/mol. The molecule has 174 valence electrons. The van der Waals surface area contributed by atoms with E-state index in [1.165, 1.54) is 0 Å². The van der Waals surface area contributed by atoms with E-state index in [0.29, 0.717) is 22.9 Å². The van der Waals surface area contributed by atoms with Gasteiger partial charge in [-0.25, -0.2) is 0 Å². The summed E-state index contributed by atoms with van der Waals surface area (Å²) < 4.78 is 5.95. The second-order valence-corrected chi connectivity index (χ2v) is 8.65. The Bertz CT molecular complexity index is 1280. The highest BCUT2D eigenvalue weighted by molar-refractivity contribution is 5.87. The van der Waals surface area contributed by atoms with Gasteiger partial charge in [-0.2, -0.15) is 0 Å². The zero-order valence-electron chi connectivity index (χ0n) is 20.0. The third-order valence-corrected chi connectivity index (χ3v) is 6.06. The number of para-hydroxylation sites is 1. The van der Waals surface area contributed by atoms with Crippen molar-refractivity contribution in [2.24, 2.45) is 0 Å². The lowest BCUT2D eigenvalue weighted by Gasteiger charge is -2.30. The SMILES string of the molecule is Cc1ccc(C)c(N(c2ccc(Oc3c(C)cccc3O)cc2)c2c(C)ccc(C)c2O)c1O. The number of phenols is 3. The van der Waals surface area contributed by atoms with Crippen LogP contribution in [0, 0.1) is 34.6 Å². The van der Waals surface area contributed by atoms with E-state index in [9.17, 15) is 15.3 Å². The van der Waals surface area contributed by atoms with E-state index in [0.717, 1.165) is 33.5 Å². The second-order valence-electron chi connectivity index (χ2n) is 8.65. The van der Waals surface area contributed by atoms with Crippen LogP contribution in [0.4, 0.5) is 17.1 Å². The molecule has 4 aromatic carbocycles. The molecule has 3 N–H and O–H groups in total. The van der Waals surface area contributed by atoms with Crippen LogP contribution < -0.4 is 9.64 Å². The van der Waals surface area contributed by atoms with E-state index in [1.807, 2.05) is 82.0 Å². The van der Waals surface area contributed by atoms with Gasteiger partial charge < -0.3 is 25.0 Å². The molecule has 0 spiro atoms. The molecule has 0 aromatic heterocycles. The van der Waals surface area contributed by atoms with Gasteiger partial charge in [0.15, 0.2) is 11.5 Å². The van der Waals surface area contributed by atoms with E-state index < -0.39 is 0 Å². The number of aromatic hydroxyl groups is 3. The first kappa shape index (κ1) is 23.1. The van der Waals surface area contributed by atoms with Crippen LogP contribution >= 0.6 is 0 Å². The Morgan fingerprint density at radius 3 is 1.56 bits per heavy atom. The topological polar surface area (TPSA) is 73.2 Å². The minimum Gasteiger partial charge on any atom is -0.505 e. The van der Waals surface area contributed by atoms with E-state index in [2.05, 4.69) is 0 Å². The zero-order chi connectivity index (χ0) is 24.6. The fourth-order valence-corrected chi connectivity index (χ4v) is 4.05. The second kappa shape index (κ2) is 9.02. The first-order valence-corrected chi connectivity index (χ1v) is 11.1. The van der Waals surface area contributed by atoms with Crippen LogP contribution in [0.1, 0.15) is 27.8 Å². The van der Waals surface area contributed by atoms with Gasteiger partial charge in [0, 0.05) is 5.69 Å². The van der Waals surface area contributed by atoms with E-state index in [-0.39, 0.29) is 17.2 Å². The lowest BCUT2D eigenvalue weighted by atomic mass is 10.0. The molecular formula is C29H29NO4. The summed E-state index contributed by atoms with van der Waals surface area (Å²) in [6, 6.07) is 20.2. The zero-order valence-corrected chi connectivity index (χ0v) is 20.0. The third kappa shape index (κ3) is 4.13. The molecule has 0 atom stereocenters. The van der Waals surface area contributed by atoms with Crippen molar-refractivity contribution in [2.75, 3.05) is 4.90 Å². The average molecular weight is 456 g/mol. The first-order valence-electron chi connectivity index (χ1n) is 11.1. The van der Waals surface area contributed by atoms with Gasteiger partial charge in [-0.05, 0) is 92.8 Å².